The van der Waals surface area contributed by atoms with Gasteiger partial charge in [-0.1, -0.05) is 0 Å². The largest absolute Gasteiger partial charge is 0.493 e. The second kappa shape index (κ2) is 8.04. The minimum absolute atomic E-state index is 0.102. The number of sulfonamides is 1. The van der Waals surface area contributed by atoms with Crippen molar-refractivity contribution in [3.63, 3.8) is 0 Å². The lowest BCUT2D eigenvalue weighted by atomic mass is 10.2. The van der Waals surface area contributed by atoms with E-state index in [1.54, 1.807) is 36.4 Å². The molecular formula is C16H18INO5S. The van der Waals surface area contributed by atoms with Gasteiger partial charge in [0.2, 0.25) is 15.8 Å². The standard InChI is InChI=1S/C16H18INO5S/c1-21-14-8-11(9-15(22-2)16(14)23-3)10-18-24(19,20)13-6-4-12(17)5-7-13/h4-9,18H,10H2,1-3H3. The summed E-state index contributed by atoms with van der Waals surface area (Å²) >= 11 is 2.12. The Hall–Kier alpha value is -1.52. The minimum Gasteiger partial charge on any atom is -0.493 e. The van der Waals surface area contributed by atoms with E-state index in [-0.39, 0.29) is 11.4 Å². The lowest BCUT2D eigenvalue weighted by molar-refractivity contribution is 0.323. The zero-order chi connectivity index (χ0) is 17.7. The Morgan fingerprint density at radius 3 is 1.96 bits per heavy atom. The number of hydrogen-bond acceptors (Lipinski definition) is 5. The van der Waals surface area contributed by atoms with Gasteiger partial charge in [0, 0.05) is 10.1 Å². The lowest BCUT2D eigenvalue weighted by Crippen LogP contribution is -2.23. The van der Waals surface area contributed by atoms with Gasteiger partial charge in [0.15, 0.2) is 11.5 Å². The summed E-state index contributed by atoms with van der Waals surface area (Å²) in [6.45, 7) is 0.102. The highest BCUT2D eigenvalue weighted by atomic mass is 127. The number of nitrogens with one attached hydrogen (secondary N) is 1. The quantitative estimate of drug-likeness (QED) is 0.640. The first-order chi connectivity index (χ1) is 11.4. The van der Waals surface area contributed by atoms with Gasteiger partial charge < -0.3 is 14.2 Å². The number of benzene rings is 2. The Balaban J connectivity index is 2.23. The molecule has 0 aliphatic carbocycles. The third kappa shape index (κ3) is 4.31. The summed E-state index contributed by atoms with van der Waals surface area (Å²) in [5, 5.41) is 0. The molecule has 0 saturated carbocycles. The van der Waals surface area contributed by atoms with E-state index in [9.17, 15) is 8.42 Å². The van der Waals surface area contributed by atoms with Crippen LogP contribution in [0.25, 0.3) is 0 Å². The molecular weight excluding hydrogens is 445 g/mol. The molecule has 0 heterocycles. The van der Waals surface area contributed by atoms with Crippen LogP contribution in [0.4, 0.5) is 0 Å². The molecule has 0 unspecified atom stereocenters. The van der Waals surface area contributed by atoms with Crippen LogP contribution < -0.4 is 18.9 Å². The van der Waals surface area contributed by atoms with E-state index in [4.69, 9.17) is 14.2 Å². The second-order valence-corrected chi connectivity index (χ2v) is 7.82. The maximum atomic E-state index is 12.3. The van der Waals surface area contributed by atoms with Crippen LogP contribution in [-0.4, -0.2) is 29.7 Å². The molecule has 2 aromatic carbocycles. The van der Waals surface area contributed by atoms with E-state index < -0.39 is 10.0 Å². The third-order valence-electron chi connectivity index (χ3n) is 3.31. The van der Waals surface area contributed by atoms with Crippen LogP contribution in [0.15, 0.2) is 41.3 Å². The smallest absolute Gasteiger partial charge is 0.240 e. The number of hydrogen-bond donors (Lipinski definition) is 1. The average Bonchev–Trinajstić information content (AvgIpc) is 2.59. The van der Waals surface area contributed by atoms with Crippen molar-refractivity contribution in [3.05, 3.63) is 45.5 Å². The molecule has 0 atom stereocenters. The van der Waals surface area contributed by atoms with Crippen LogP contribution in [0.2, 0.25) is 0 Å². The predicted octanol–water partition coefficient (Wildman–Crippen LogP) is 2.80. The molecule has 0 radical (unpaired) electrons. The summed E-state index contributed by atoms with van der Waals surface area (Å²) in [7, 11) is 0.939. The predicted molar refractivity (Wildman–Crippen MR) is 99.3 cm³/mol. The van der Waals surface area contributed by atoms with E-state index >= 15 is 0 Å². The van der Waals surface area contributed by atoms with Gasteiger partial charge in [-0.25, -0.2) is 13.1 Å². The fourth-order valence-corrected chi connectivity index (χ4v) is 3.49. The Morgan fingerprint density at radius 2 is 1.50 bits per heavy atom. The first kappa shape index (κ1) is 18.8. The Kier molecular flexibility index (Phi) is 6.30. The molecule has 0 fully saturated rings. The molecule has 0 aliphatic heterocycles. The van der Waals surface area contributed by atoms with E-state index in [1.807, 2.05) is 0 Å². The molecule has 0 saturated heterocycles. The Morgan fingerprint density at radius 1 is 0.958 bits per heavy atom. The third-order valence-corrected chi connectivity index (χ3v) is 5.45. The van der Waals surface area contributed by atoms with Crippen molar-refractivity contribution in [1.82, 2.24) is 4.72 Å². The molecule has 8 heteroatoms. The summed E-state index contributed by atoms with van der Waals surface area (Å²) in [5.74, 6) is 1.41. The van der Waals surface area contributed by atoms with Gasteiger partial charge in [-0.2, -0.15) is 0 Å². The van der Waals surface area contributed by atoms with Crippen LogP contribution in [0.5, 0.6) is 17.2 Å². The Bertz CT molecular complexity index is 781. The average molecular weight is 463 g/mol. The van der Waals surface area contributed by atoms with Crippen LogP contribution in [0.1, 0.15) is 5.56 Å². The number of methoxy groups -OCH3 is 3. The van der Waals surface area contributed by atoms with Crippen molar-refractivity contribution in [2.24, 2.45) is 0 Å². The van der Waals surface area contributed by atoms with Crippen molar-refractivity contribution in [2.45, 2.75) is 11.4 Å². The fraction of sp³-hybridized carbons (Fsp3) is 0.250. The van der Waals surface area contributed by atoms with Gasteiger partial charge in [0.05, 0.1) is 26.2 Å². The highest BCUT2D eigenvalue weighted by Gasteiger charge is 2.16. The minimum atomic E-state index is -3.60. The molecule has 0 spiro atoms. The number of ether oxygens (including phenoxy) is 3. The van der Waals surface area contributed by atoms with Gasteiger partial charge >= 0.3 is 0 Å². The summed E-state index contributed by atoms with van der Waals surface area (Å²) in [6.07, 6.45) is 0. The highest BCUT2D eigenvalue weighted by molar-refractivity contribution is 14.1. The van der Waals surface area contributed by atoms with E-state index in [0.717, 1.165) is 3.57 Å². The maximum Gasteiger partial charge on any atom is 0.240 e. The summed E-state index contributed by atoms with van der Waals surface area (Å²) < 4.78 is 44.0. The topological polar surface area (TPSA) is 73.9 Å². The zero-order valence-electron chi connectivity index (χ0n) is 13.5. The number of halogens is 1. The molecule has 0 aromatic heterocycles. The molecule has 0 amide bonds. The summed E-state index contributed by atoms with van der Waals surface area (Å²) in [4.78, 5) is 0.218. The first-order valence-electron chi connectivity index (χ1n) is 6.95. The lowest BCUT2D eigenvalue weighted by Gasteiger charge is -2.14. The molecule has 24 heavy (non-hydrogen) atoms. The Labute approximate surface area is 155 Å². The fourth-order valence-electron chi connectivity index (χ4n) is 2.11. The van der Waals surface area contributed by atoms with Crippen molar-refractivity contribution in [3.8, 4) is 17.2 Å². The van der Waals surface area contributed by atoms with E-state index in [2.05, 4.69) is 27.3 Å². The molecule has 130 valence electrons. The highest BCUT2D eigenvalue weighted by Crippen LogP contribution is 2.38. The normalized spacial score (nSPS) is 11.2. The van der Waals surface area contributed by atoms with E-state index in [0.29, 0.717) is 22.8 Å². The van der Waals surface area contributed by atoms with Gasteiger partial charge in [0.25, 0.3) is 0 Å². The second-order valence-electron chi connectivity index (χ2n) is 4.81. The van der Waals surface area contributed by atoms with Crippen LogP contribution in [-0.2, 0) is 16.6 Å². The molecule has 6 nitrogen and oxygen atoms in total. The van der Waals surface area contributed by atoms with Gasteiger partial charge in [0.1, 0.15) is 0 Å². The zero-order valence-corrected chi connectivity index (χ0v) is 16.5. The van der Waals surface area contributed by atoms with Gasteiger partial charge in [-0.05, 0) is 64.6 Å². The molecule has 1 N–H and O–H groups in total. The monoisotopic (exact) mass is 463 g/mol. The number of rotatable bonds is 7. The van der Waals surface area contributed by atoms with Crippen LogP contribution >= 0.6 is 22.6 Å². The van der Waals surface area contributed by atoms with Gasteiger partial charge in [-0.15, -0.1) is 0 Å². The van der Waals surface area contributed by atoms with Crippen LogP contribution in [0.3, 0.4) is 0 Å². The maximum absolute atomic E-state index is 12.3. The first-order valence-corrected chi connectivity index (χ1v) is 9.51. The molecule has 0 bridgehead atoms. The molecule has 2 aromatic rings. The van der Waals surface area contributed by atoms with E-state index in [1.165, 1.54) is 21.3 Å². The van der Waals surface area contributed by atoms with Crippen molar-refractivity contribution in [2.75, 3.05) is 21.3 Å². The molecule has 0 aliphatic rings. The van der Waals surface area contributed by atoms with Crippen molar-refractivity contribution < 1.29 is 22.6 Å². The molecule has 2 rings (SSSR count). The summed E-state index contributed by atoms with van der Waals surface area (Å²) in [6, 6.07) is 10.0. The SMILES string of the molecule is COc1cc(CNS(=O)(=O)c2ccc(I)cc2)cc(OC)c1OC. The summed E-state index contributed by atoms with van der Waals surface area (Å²) in [5.41, 5.74) is 0.693. The van der Waals surface area contributed by atoms with Gasteiger partial charge in [-0.3, -0.25) is 0 Å². The van der Waals surface area contributed by atoms with Crippen molar-refractivity contribution in [1.29, 1.82) is 0 Å². The van der Waals surface area contributed by atoms with Crippen LogP contribution in [0, 0.1) is 3.57 Å². The van der Waals surface area contributed by atoms with Crippen molar-refractivity contribution >= 4 is 32.6 Å².